The lowest BCUT2D eigenvalue weighted by Gasteiger charge is -2.17. The third-order valence-electron chi connectivity index (χ3n) is 2.78. The number of rotatable bonds is 7. The summed E-state index contributed by atoms with van der Waals surface area (Å²) in [6.07, 6.45) is 0. The highest BCUT2D eigenvalue weighted by molar-refractivity contribution is 14.0. The second-order valence-electron chi connectivity index (χ2n) is 4.16. The van der Waals surface area contributed by atoms with Gasteiger partial charge in [0.1, 0.15) is 0 Å². The fourth-order valence-electron chi connectivity index (χ4n) is 1.74. The molecule has 0 aliphatic carbocycles. The van der Waals surface area contributed by atoms with Crippen molar-refractivity contribution in [1.29, 1.82) is 0 Å². The fraction of sp³-hybridized carbons (Fsp3) is 0.462. The normalized spacial score (nSPS) is 12.0. The van der Waals surface area contributed by atoms with Gasteiger partial charge in [0.15, 0.2) is 5.96 Å². The number of para-hydroxylation sites is 1. The summed E-state index contributed by atoms with van der Waals surface area (Å²) in [4.78, 5) is 4.03. The topological polar surface area (TPSA) is 87.8 Å². The fourth-order valence-corrected chi connectivity index (χ4v) is 3.10. The quantitative estimate of drug-likeness (QED) is 0.395. The maximum Gasteiger partial charge on any atom is 0.215 e. The van der Waals surface area contributed by atoms with Crippen LogP contribution in [-0.2, 0) is 10.0 Å². The number of hydrogen-bond donors (Lipinski definition) is 2. The number of halogens is 1. The van der Waals surface area contributed by atoms with Crippen molar-refractivity contribution in [2.75, 3.05) is 30.7 Å². The summed E-state index contributed by atoms with van der Waals surface area (Å²) in [6.45, 7) is 4.72. The highest BCUT2D eigenvalue weighted by Crippen LogP contribution is 2.04. The lowest BCUT2D eigenvalue weighted by molar-refractivity contribution is 0.445. The number of nitrogens with two attached hydrogens (primary N) is 1. The highest BCUT2D eigenvalue weighted by atomic mass is 127. The maximum absolute atomic E-state index is 11.9. The molecule has 120 valence electrons. The van der Waals surface area contributed by atoms with Crippen LogP contribution in [0.3, 0.4) is 0 Å². The van der Waals surface area contributed by atoms with Gasteiger partial charge in [0.2, 0.25) is 10.0 Å². The van der Waals surface area contributed by atoms with Gasteiger partial charge in [0.05, 0.1) is 12.3 Å². The number of hydrogen-bond acceptors (Lipinski definition) is 3. The van der Waals surface area contributed by atoms with Crippen molar-refractivity contribution in [2.45, 2.75) is 13.8 Å². The third kappa shape index (κ3) is 7.09. The first kappa shape index (κ1) is 20.1. The monoisotopic (exact) mass is 426 g/mol. The number of sulfonamides is 1. The molecular weight excluding hydrogens is 403 g/mol. The molecule has 21 heavy (non-hydrogen) atoms. The molecule has 0 fully saturated rings. The van der Waals surface area contributed by atoms with E-state index < -0.39 is 10.0 Å². The van der Waals surface area contributed by atoms with Gasteiger partial charge >= 0.3 is 0 Å². The molecule has 0 aromatic heterocycles. The highest BCUT2D eigenvalue weighted by Gasteiger charge is 2.17. The number of nitrogens with zero attached hydrogens (tertiary/aromatic N) is 2. The largest absolute Gasteiger partial charge is 0.370 e. The van der Waals surface area contributed by atoms with Crippen molar-refractivity contribution >= 4 is 45.6 Å². The van der Waals surface area contributed by atoms with Crippen molar-refractivity contribution in [3.05, 3.63) is 30.3 Å². The molecule has 0 unspecified atom stereocenters. The molecule has 1 aromatic carbocycles. The van der Waals surface area contributed by atoms with E-state index in [9.17, 15) is 8.42 Å². The van der Waals surface area contributed by atoms with E-state index in [4.69, 9.17) is 5.73 Å². The van der Waals surface area contributed by atoms with Crippen molar-refractivity contribution in [3.63, 3.8) is 0 Å². The van der Waals surface area contributed by atoms with E-state index in [2.05, 4.69) is 10.3 Å². The molecule has 0 heterocycles. The van der Waals surface area contributed by atoms with Crippen LogP contribution in [0.2, 0.25) is 0 Å². The van der Waals surface area contributed by atoms with E-state index in [0.29, 0.717) is 13.1 Å². The first-order valence-electron chi connectivity index (χ1n) is 6.59. The molecule has 0 saturated heterocycles. The van der Waals surface area contributed by atoms with Crippen LogP contribution in [0.25, 0.3) is 0 Å². The molecule has 3 N–H and O–H groups in total. The van der Waals surface area contributed by atoms with Crippen molar-refractivity contribution < 1.29 is 8.42 Å². The molecule has 8 heteroatoms. The summed E-state index contributed by atoms with van der Waals surface area (Å²) >= 11 is 0. The predicted octanol–water partition coefficient (Wildman–Crippen LogP) is 1.70. The molecule has 1 rings (SSSR count). The second-order valence-corrected chi connectivity index (χ2v) is 6.25. The summed E-state index contributed by atoms with van der Waals surface area (Å²) in [5.41, 5.74) is 6.53. The van der Waals surface area contributed by atoms with E-state index >= 15 is 0 Å². The Balaban J connectivity index is 0.00000400. The van der Waals surface area contributed by atoms with Crippen LogP contribution in [0.5, 0.6) is 0 Å². The number of benzene rings is 1. The van der Waals surface area contributed by atoms with Gasteiger partial charge in [0.25, 0.3) is 0 Å². The second kappa shape index (κ2) is 9.96. The minimum absolute atomic E-state index is 0. The van der Waals surface area contributed by atoms with E-state index in [-0.39, 0.29) is 42.2 Å². The Morgan fingerprint density at radius 2 is 1.81 bits per heavy atom. The SMILES string of the molecule is CCN(CC)S(=O)(=O)CCN=C(N)Nc1ccccc1.I. The van der Waals surface area contributed by atoms with E-state index in [0.717, 1.165) is 5.69 Å². The first-order valence-corrected chi connectivity index (χ1v) is 8.20. The molecule has 6 nitrogen and oxygen atoms in total. The van der Waals surface area contributed by atoms with E-state index in [1.807, 2.05) is 44.2 Å². The van der Waals surface area contributed by atoms with Crippen molar-refractivity contribution in [3.8, 4) is 0 Å². The lowest BCUT2D eigenvalue weighted by Crippen LogP contribution is -2.34. The van der Waals surface area contributed by atoms with Crippen LogP contribution in [0.1, 0.15) is 13.8 Å². The van der Waals surface area contributed by atoms with Crippen molar-refractivity contribution in [2.24, 2.45) is 10.7 Å². The van der Waals surface area contributed by atoms with Gasteiger partial charge in [-0.25, -0.2) is 12.7 Å². The molecule has 0 spiro atoms. The predicted molar refractivity (Wildman–Crippen MR) is 98.7 cm³/mol. The van der Waals surface area contributed by atoms with Crippen LogP contribution in [0, 0.1) is 0 Å². The standard InChI is InChI=1S/C13H22N4O2S.HI/c1-3-17(4-2)20(18,19)11-10-15-13(14)16-12-8-6-5-7-9-12;/h5-9H,3-4,10-11H2,1-2H3,(H3,14,15,16);1H. The third-order valence-corrected chi connectivity index (χ3v) is 4.78. The van der Waals surface area contributed by atoms with Crippen LogP contribution in [0.15, 0.2) is 35.3 Å². The van der Waals surface area contributed by atoms with Gasteiger partial charge in [-0.15, -0.1) is 24.0 Å². The zero-order chi connectivity index (χ0) is 15.0. The van der Waals surface area contributed by atoms with Gasteiger partial charge in [-0.3, -0.25) is 4.99 Å². The Hall–Kier alpha value is -0.870. The van der Waals surface area contributed by atoms with Gasteiger partial charge in [0, 0.05) is 18.8 Å². The molecule has 0 radical (unpaired) electrons. The molecule has 0 amide bonds. The number of guanidine groups is 1. The molecule has 0 aliphatic rings. The van der Waals surface area contributed by atoms with Gasteiger partial charge in [-0.1, -0.05) is 32.0 Å². The minimum atomic E-state index is -3.25. The molecule has 0 atom stereocenters. The summed E-state index contributed by atoms with van der Waals surface area (Å²) in [7, 11) is -3.25. The van der Waals surface area contributed by atoms with Crippen molar-refractivity contribution in [1.82, 2.24) is 4.31 Å². The minimum Gasteiger partial charge on any atom is -0.370 e. The molecule has 1 aromatic rings. The van der Waals surface area contributed by atoms with Crippen LogP contribution in [-0.4, -0.2) is 44.1 Å². The summed E-state index contributed by atoms with van der Waals surface area (Å²) < 4.78 is 25.3. The average Bonchev–Trinajstić information content (AvgIpc) is 2.40. The molecule has 0 aliphatic heterocycles. The molecular formula is C13H23IN4O2S. The first-order chi connectivity index (χ1) is 9.49. The van der Waals surface area contributed by atoms with Gasteiger partial charge in [-0.05, 0) is 12.1 Å². The smallest absolute Gasteiger partial charge is 0.215 e. The number of aliphatic imine (C=N–C) groups is 1. The zero-order valence-corrected chi connectivity index (χ0v) is 15.5. The summed E-state index contributed by atoms with van der Waals surface area (Å²) in [6, 6.07) is 9.36. The molecule has 0 saturated carbocycles. The Kier molecular flexibility index (Phi) is 9.54. The Morgan fingerprint density at radius 3 is 2.33 bits per heavy atom. The summed E-state index contributed by atoms with van der Waals surface area (Å²) in [5, 5.41) is 2.90. The van der Waals surface area contributed by atoms with Crippen LogP contribution >= 0.6 is 24.0 Å². The Bertz CT molecular complexity index is 530. The van der Waals surface area contributed by atoms with Crippen LogP contribution < -0.4 is 11.1 Å². The van der Waals surface area contributed by atoms with Crippen LogP contribution in [0.4, 0.5) is 5.69 Å². The Labute approximate surface area is 143 Å². The average molecular weight is 426 g/mol. The molecule has 0 bridgehead atoms. The lowest BCUT2D eigenvalue weighted by atomic mass is 10.3. The van der Waals surface area contributed by atoms with E-state index in [1.165, 1.54) is 4.31 Å². The van der Waals surface area contributed by atoms with Gasteiger partial charge in [-0.2, -0.15) is 0 Å². The zero-order valence-electron chi connectivity index (χ0n) is 12.3. The number of anilines is 1. The number of nitrogens with one attached hydrogen (secondary N) is 1. The van der Waals surface area contributed by atoms with E-state index in [1.54, 1.807) is 0 Å². The Morgan fingerprint density at radius 1 is 1.24 bits per heavy atom. The van der Waals surface area contributed by atoms with Gasteiger partial charge < -0.3 is 11.1 Å². The summed E-state index contributed by atoms with van der Waals surface area (Å²) in [5.74, 6) is 0.178. The maximum atomic E-state index is 11.9.